The Morgan fingerprint density at radius 1 is 1.20 bits per heavy atom. The Morgan fingerprint density at radius 2 is 1.92 bits per heavy atom. The Morgan fingerprint density at radius 3 is 2.60 bits per heavy atom. The molecule has 5 heteroatoms. The Balaban J connectivity index is 1.83. The fourth-order valence-corrected chi connectivity index (χ4v) is 4.50. The Bertz CT molecular complexity index is 834. The van der Waals surface area contributed by atoms with Gasteiger partial charge in [0.15, 0.2) is 5.96 Å². The van der Waals surface area contributed by atoms with Gasteiger partial charge in [0.25, 0.3) is 0 Å². The van der Waals surface area contributed by atoms with E-state index < -0.39 is 11.5 Å². The van der Waals surface area contributed by atoms with Crippen molar-refractivity contribution in [2.45, 2.75) is 30.2 Å². The van der Waals surface area contributed by atoms with Crippen LogP contribution in [0.2, 0.25) is 0 Å². The normalized spacial score (nSPS) is 27.4. The lowest BCUT2D eigenvalue weighted by Crippen LogP contribution is -2.54. The first-order valence-corrected chi connectivity index (χ1v) is 8.52. The second kappa shape index (κ2) is 5.92. The minimum atomic E-state index is -0.839. The highest BCUT2D eigenvalue weighted by atomic mass is 16.4. The van der Waals surface area contributed by atoms with Crippen LogP contribution in [0.4, 0.5) is 0 Å². The number of nitrogens with zero attached hydrogens (tertiary/aromatic N) is 1. The summed E-state index contributed by atoms with van der Waals surface area (Å²) in [5.74, 6) is -0.301. The van der Waals surface area contributed by atoms with Gasteiger partial charge in [0, 0.05) is 5.92 Å². The van der Waals surface area contributed by atoms with Gasteiger partial charge in [0.1, 0.15) is 0 Å². The predicted molar refractivity (Wildman–Crippen MR) is 96.7 cm³/mol. The molecule has 5 nitrogen and oxygen atoms in total. The van der Waals surface area contributed by atoms with Crippen LogP contribution in [0.1, 0.15) is 34.9 Å². The second-order valence-electron chi connectivity index (χ2n) is 6.95. The van der Waals surface area contributed by atoms with Crippen LogP contribution in [0, 0.1) is 0 Å². The lowest BCUT2D eigenvalue weighted by Gasteiger charge is -2.38. The summed E-state index contributed by atoms with van der Waals surface area (Å²) in [6.07, 6.45) is 0.882. The molecule has 0 fully saturated rings. The third-order valence-corrected chi connectivity index (χ3v) is 5.43. The standard InChI is InChI=1S/C20H21N3O2/c21-19-22-12-20(23-19,11-17(24)25)18-15-9-5-4-8-14(15)10-16(18)13-6-2-1-3-7-13/h1-9,16,18H,10-12H2,(H,24,25)(H3,21,22,23). The summed E-state index contributed by atoms with van der Waals surface area (Å²) in [7, 11) is 0. The molecule has 3 unspecified atom stereocenters. The van der Waals surface area contributed by atoms with Crippen molar-refractivity contribution in [3.05, 3.63) is 71.3 Å². The first kappa shape index (κ1) is 15.7. The molecule has 0 saturated heterocycles. The molecule has 25 heavy (non-hydrogen) atoms. The van der Waals surface area contributed by atoms with Crippen molar-refractivity contribution in [2.75, 3.05) is 6.54 Å². The van der Waals surface area contributed by atoms with Crippen molar-refractivity contribution in [1.29, 1.82) is 0 Å². The molecular formula is C20H21N3O2. The predicted octanol–water partition coefficient (Wildman–Crippen LogP) is 2.24. The van der Waals surface area contributed by atoms with E-state index in [9.17, 15) is 9.90 Å². The lowest BCUT2D eigenvalue weighted by atomic mass is 9.71. The number of carboxylic acid groups (broad SMARTS) is 1. The Labute approximate surface area is 146 Å². The van der Waals surface area contributed by atoms with Gasteiger partial charge in [0.05, 0.1) is 18.5 Å². The van der Waals surface area contributed by atoms with Crippen LogP contribution in [0.15, 0.2) is 59.6 Å². The summed E-state index contributed by atoms with van der Waals surface area (Å²) in [4.78, 5) is 16.0. The highest BCUT2D eigenvalue weighted by molar-refractivity contribution is 5.83. The van der Waals surface area contributed by atoms with E-state index in [2.05, 4.69) is 34.6 Å². The zero-order valence-electron chi connectivity index (χ0n) is 13.9. The van der Waals surface area contributed by atoms with Crippen LogP contribution >= 0.6 is 0 Å². The van der Waals surface area contributed by atoms with Gasteiger partial charge in [0.2, 0.25) is 0 Å². The number of carboxylic acids is 1. The van der Waals surface area contributed by atoms with Crippen LogP contribution in [0.25, 0.3) is 0 Å². The summed E-state index contributed by atoms with van der Waals surface area (Å²) in [6.45, 7) is 0.382. The maximum atomic E-state index is 11.6. The van der Waals surface area contributed by atoms with Crippen LogP contribution < -0.4 is 11.1 Å². The third-order valence-electron chi connectivity index (χ3n) is 5.43. The van der Waals surface area contributed by atoms with E-state index in [-0.39, 0.29) is 18.3 Å². The third kappa shape index (κ3) is 2.65. The van der Waals surface area contributed by atoms with Gasteiger partial charge in [-0.15, -0.1) is 0 Å². The van der Waals surface area contributed by atoms with Crippen LogP contribution in [-0.2, 0) is 11.2 Å². The molecule has 1 aliphatic heterocycles. The fraction of sp³-hybridized carbons (Fsp3) is 0.300. The summed E-state index contributed by atoms with van der Waals surface area (Å²) in [6, 6.07) is 18.6. The van der Waals surface area contributed by atoms with Crippen LogP contribution in [0.3, 0.4) is 0 Å². The van der Waals surface area contributed by atoms with Gasteiger partial charge in [-0.3, -0.25) is 9.79 Å². The quantitative estimate of drug-likeness (QED) is 0.799. The molecule has 2 aliphatic rings. The molecule has 1 aliphatic carbocycles. The van der Waals surface area contributed by atoms with Gasteiger partial charge in [-0.05, 0) is 29.0 Å². The molecule has 0 bridgehead atoms. The van der Waals surface area contributed by atoms with Gasteiger partial charge < -0.3 is 16.2 Å². The van der Waals surface area contributed by atoms with Gasteiger partial charge >= 0.3 is 5.97 Å². The molecule has 0 spiro atoms. The van der Waals surface area contributed by atoms with E-state index in [0.717, 1.165) is 6.42 Å². The molecule has 3 atom stereocenters. The van der Waals surface area contributed by atoms with Crippen molar-refractivity contribution >= 4 is 11.9 Å². The molecule has 0 radical (unpaired) electrons. The number of benzene rings is 2. The van der Waals surface area contributed by atoms with Crippen molar-refractivity contribution in [2.24, 2.45) is 10.7 Å². The first-order chi connectivity index (χ1) is 12.1. The molecular weight excluding hydrogens is 314 g/mol. The summed E-state index contributed by atoms with van der Waals surface area (Å²) in [5.41, 5.74) is 8.92. The smallest absolute Gasteiger partial charge is 0.305 e. The number of aliphatic carboxylic acids is 1. The second-order valence-corrected chi connectivity index (χ2v) is 6.95. The first-order valence-electron chi connectivity index (χ1n) is 8.52. The molecule has 4 N–H and O–H groups in total. The number of fused-ring (bicyclic) bond motifs is 1. The molecule has 1 heterocycles. The van der Waals surface area contributed by atoms with Gasteiger partial charge in [-0.1, -0.05) is 54.6 Å². The minimum Gasteiger partial charge on any atom is -0.481 e. The number of nitrogens with two attached hydrogens (primary N) is 1. The zero-order chi connectivity index (χ0) is 17.4. The number of hydrogen-bond donors (Lipinski definition) is 3. The van der Waals surface area contributed by atoms with Gasteiger partial charge in [-0.2, -0.15) is 0 Å². The van der Waals surface area contributed by atoms with E-state index in [4.69, 9.17) is 5.73 Å². The topological polar surface area (TPSA) is 87.7 Å². The lowest BCUT2D eigenvalue weighted by molar-refractivity contribution is -0.138. The molecule has 2 aromatic carbocycles. The summed E-state index contributed by atoms with van der Waals surface area (Å²) < 4.78 is 0. The number of nitrogens with one attached hydrogen (secondary N) is 1. The largest absolute Gasteiger partial charge is 0.481 e. The molecule has 4 rings (SSSR count). The maximum Gasteiger partial charge on any atom is 0.305 e. The molecule has 2 aromatic rings. The number of aliphatic imine (C=N–C) groups is 1. The average molecular weight is 335 g/mol. The molecule has 0 aromatic heterocycles. The van der Waals surface area contributed by atoms with Crippen molar-refractivity contribution < 1.29 is 9.90 Å². The van der Waals surface area contributed by atoms with Gasteiger partial charge in [-0.25, -0.2) is 0 Å². The minimum absolute atomic E-state index is 0.00648. The summed E-state index contributed by atoms with van der Waals surface area (Å²) >= 11 is 0. The SMILES string of the molecule is NC1=NCC(CC(=O)O)(C2c3ccccc3CC2c2ccccc2)N1. The van der Waals surface area contributed by atoms with E-state index in [1.165, 1.54) is 16.7 Å². The maximum absolute atomic E-state index is 11.6. The van der Waals surface area contributed by atoms with E-state index in [0.29, 0.717) is 12.5 Å². The Hall–Kier alpha value is -2.82. The van der Waals surface area contributed by atoms with Crippen molar-refractivity contribution in [3.63, 3.8) is 0 Å². The van der Waals surface area contributed by atoms with Crippen LogP contribution in [0.5, 0.6) is 0 Å². The van der Waals surface area contributed by atoms with Crippen molar-refractivity contribution in [3.8, 4) is 0 Å². The molecule has 128 valence electrons. The van der Waals surface area contributed by atoms with E-state index in [1.54, 1.807) is 0 Å². The van der Waals surface area contributed by atoms with Crippen molar-refractivity contribution in [1.82, 2.24) is 5.32 Å². The van der Waals surface area contributed by atoms with E-state index in [1.807, 2.05) is 30.3 Å². The summed E-state index contributed by atoms with van der Waals surface area (Å²) in [5, 5.41) is 12.8. The number of hydrogen-bond acceptors (Lipinski definition) is 4. The number of guanidine groups is 1. The Kier molecular flexibility index (Phi) is 3.71. The number of carbonyl (C=O) groups is 1. The highest BCUT2D eigenvalue weighted by Gasteiger charge is 2.51. The zero-order valence-corrected chi connectivity index (χ0v) is 13.9. The van der Waals surface area contributed by atoms with Crippen LogP contribution in [-0.4, -0.2) is 29.1 Å². The molecule has 0 amide bonds. The van der Waals surface area contributed by atoms with E-state index >= 15 is 0 Å². The fourth-order valence-electron chi connectivity index (χ4n) is 4.50. The molecule has 0 saturated carbocycles. The number of rotatable bonds is 4. The average Bonchev–Trinajstić information content (AvgIpc) is 3.16. The highest BCUT2D eigenvalue weighted by Crippen LogP contribution is 2.51. The monoisotopic (exact) mass is 335 g/mol.